The van der Waals surface area contributed by atoms with Gasteiger partial charge in [0.05, 0.1) is 36.5 Å². The fourth-order valence-corrected chi connectivity index (χ4v) is 10.2. The number of ether oxygens (including phenoxy) is 1. The first-order valence-corrected chi connectivity index (χ1v) is 22.3. The molecule has 4 fully saturated rings. The molecule has 1 aromatic carbocycles. The van der Waals surface area contributed by atoms with E-state index in [1.807, 2.05) is 4.90 Å². The molecule has 4 N–H and O–H groups in total. The Morgan fingerprint density at radius 1 is 0.964 bits per heavy atom. The quantitative estimate of drug-likeness (QED) is 0.133. The maximum atomic E-state index is 13.2. The van der Waals surface area contributed by atoms with Gasteiger partial charge in [-0.15, -0.1) is 11.8 Å². The summed E-state index contributed by atoms with van der Waals surface area (Å²) in [5.41, 5.74) is 0.0179. The van der Waals surface area contributed by atoms with Crippen molar-refractivity contribution in [3.63, 3.8) is 0 Å². The molecule has 0 saturated carbocycles. The van der Waals surface area contributed by atoms with Gasteiger partial charge in [-0.2, -0.15) is 0 Å². The number of piperidine rings is 2. The van der Waals surface area contributed by atoms with Crippen LogP contribution in [0.3, 0.4) is 0 Å². The Kier molecular flexibility index (Phi) is 13.7. The molecule has 306 valence electrons. The summed E-state index contributed by atoms with van der Waals surface area (Å²) < 4.78 is 30.7. The molecule has 7 amide bonds. The van der Waals surface area contributed by atoms with Crippen LogP contribution in [0.1, 0.15) is 91.3 Å². The van der Waals surface area contributed by atoms with Crippen molar-refractivity contribution in [2.24, 2.45) is 11.8 Å². The van der Waals surface area contributed by atoms with Crippen LogP contribution in [0.5, 0.6) is 5.75 Å². The number of fused-ring (bicyclic) bond motifs is 1. The van der Waals surface area contributed by atoms with Gasteiger partial charge in [0.15, 0.2) is 0 Å². The van der Waals surface area contributed by atoms with Crippen molar-refractivity contribution in [1.82, 2.24) is 35.4 Å². The molecule has 0 aliphatic carbocycles. The molecule has 1 aromatic rings. The predicted molar refractivity (Wildman–Crippen MR) is 204 cm³/mol. The van der Waals surface area contributed by atoms with E-state index in [-0.39, 0.29) is 72.2 Å². The minimum Gasteiger partial charge on any atom is -0.493 e. The van der Waals surface area contributed by atoms with Gasteiger partial charge in [0.2, 0.25) is 39.6 Å². The number of benzene rings is 1. The van der Waals surface area contributed by atoms with Crippen LogP contribution in [-0.2, 0) is 34.0 Å². The van der Waals surface area contributed by atoms with Crippen molar-refractivity contribution in [2.75, 3.05) is 51.3 Å². The number of sulfonamides is 1. The van der Waals surface area contributed by atoms with E-state index in [0.29, 0.717) is 38.3 Å². The monoisotopic (exact) mass is 817 g/mol. The fraction of sp³-hybridized carbons (Fsp3) is 0.649. The highest BCUT2D eigenvalue weighted by molar-refractivity contribution is 8.00. The zero-order valence-corrected chi connectivity index (χ0v) is 33.2. The van der Waals surface area contributed by atoms with Crippen molar-refractivity contribution in [3.05, 3.63) is 29.3 Å². The third kappa shape index (κ3) is 10.1. The number of imide groups is 2. The van der Waals surface area contributed by atoms with Gasteiger partial charge in [-0.05, 0) is 56.6 Å². The lowest BCUT2D eigenvalue weighted by Gasteiger charge is -2.36. The van der Waals surface area contributed by atoms with Crippen LogP contribution in [0.15, 0.2) is 18.2 Å². The number of carbonyl (C=O) groups is 7. The van der Waals surface area contributed by atoms with E-state index in [1.165, 1.54) is 10.4 Å². The van der Waals surface area contributed by atoms with E-state index in [2.05, 4.69) is 21.3 Å². The summed E-state index contributed by atoms with van der Waals surface area (Å²) >= 11 is 1.58. The highest BCUT2D eigenvalue weighted by Gasteiger charge is 2.46. The number of hydrogen-bond donors (Lipinski definition) is 4. The molecule has 4 saturated heterocycles. The highest BCUT2D eigenvalue weighted by atomic mass is 32.2. The molecule has 0 radical (unpaired) electrons. The van der Waals surface area contributed by atoms with E-state index in [1.54, 1.807) is 23.9 Å². The van der Waals surface area contributed by atoms with Crippen LogP contribution in [0.25, 0.3) is 0 Å². The van der Waals surface area contributed by atoms with Crippen LogP contribution in [-0.4, -0.2) is 133 Å². The lowest BCUT2D eigenvalue weighted by molar-refractivity contribution is -0.136. The number of rotatable bonds is 16. The van der Waals surface area contributed by atoms with Gasteiger partial charge in [-0.25, -0.2) is 12.7 Å². The Labute approximate surface area is 330 Å². The van der Waals surface area contributed by atoms with Crippen molar-refractivity contribution in [2.45, 2.75) is 88.2 Å². The molecule has 5 heterocycles. The molecular formula is C37H51N7O10S2. The zero-order valence-electron chi connectivity index (χ0n) is 31.6. The van der Waals surface area contributed by atoms with Crippen LogP contribution in [0, 0.1) is 11.8 Å². The maximum absolute atomic E-state index is 13.2. The van der Waals surface area contributed by atoms with Gasteiger partial charge >= 0.3 is 0 Å². The Morgan fingerprint density at radius 2 is 1.75 bits per heavy atom. The lowest BCUT2D eigenvalue weighted by Crippen LogP contribution is -2.54. The van der Waals surface area contributed by atoms with Gasteiger partial charge in [-0.3, -0.25) is 49.1 Å². The first-order valence-electron chi connectivity index (χ1n) is 19.4. The number of nitrogens with one attached hydrogen (secondary N) is 4. The highest BCUT2D eigenvalue weighted by Crippen LogP contribution is 2.34. The van der Waals surface area contributed by atoms with E-state index in [4.69, 9.17) is 4.74 Å². The minimum absolute atomic E-state index is 0.0505. The largest absolute Gasteiger partial charge is 0.493 e. The maximum Gasteiger partial charge on any atom is 0.266 e. The topological polar surface area (TPSA) is 221 Å². The van der Waals surface area contributed by atoms with Gasteiger partial charge in [-0.1, -0.05) is 25.3 Å². The van der Waals surface area contributed by atoms with E-state index in [9.17, 15) is 42.0 Å². The first kappa shape index (κ1) is 41.6. The summed E-state index contributed by atoms with van der Waals surface area (Å²) in [5, 5.41) is 11.2. The molecule has 0 aromatic heterocycles. The number of amides is 7. The summed E-state index contributed by atoms with van der Waals surface area (Å²) in [7, 11) is -3.35. The summed E-state index contributed by atoms with van der Waals surface area (Å²) in [4.78, 5) is 91.3. The molecule has 19 heteroatoms. The fourth-order valence-electron chi connectivity index (χ4n) is 8.02. The number of carbonyl (C=O) groups excluding carboxylic acids is 7. The molecule has 5 aliphatic heterocycles. The molecule has 56 heavy (non-hydrogen) atoms. The van der Waals surface area contributed by atoms with Gasteiger partial charge in [0.1, 0.15) is 17.3 Å². The zero-order chi connectivity index (χ0) is 40.0. The number of unbranched alkanes of at least 4 members (excludes halogenated alkanes) is 4. The molecule has 0 bridgehead atoms. The average Bonchev–Trinajstić information content (AvgIpc) is 3.91. The first-order chi connectivity index (χ1) is 26.8. The second-order valence-electron chi connectivity index (χ2n) is 15.1. The Bertz CT molecular complexity index is 1830. The van der Waals surface area contributed by atoms with Gasteiger partial charge < -0.3 is 20.3 Å². The third-order valence-electron chi connectivity index (χ3n) is 11.1. The molecule has 17 nitrogen and oxygen atoms in total. The van der Waals surface area contributed by atoms with E-state index < -0.39 is 45.6 Å². The second-order valence-corrected chi connectivity index (χ2v) is 18.2. The van der Waals surface area contributed by atoms with Crippen LogP contribution in [0.4, 0.5) is 0 Å². The normalized spacial score (nSPS) is 25.6. The van der Waals surface area contributed by atoms with Crippen LogP contribution in [0.2, 0.25) is 0 Å². The van der Waals surface area contributed by atoms with Crippen molar-refractivity contribution in [1.29, 1.82) is 0 Å². The van der Waals surface area contributed by atoms with Crippen molar-refractivity contribution in [3.8, 4) is 5.75 Å². The van der Waals surface area contributed by atoms with Gasteiger partial charge in [0, 0.05) is 50.8 Å². The summed E-state index contributed by atoms with van der Waals surface area (Å²) in [5.74, 6) is -1.89. The Morgan fingerprint density at radius 3 is 2.52 bits per heavy atom. The van der Waals surface area contributed by atoms with Crippen molar-refractivity contribution >= 4 is 63.1 Å². The van der Waals surface area contributed by atoms with Crippen LogP contribution < -0.4 is 26.0 Å². The average molecular weight is 818 g/mol. The standard InChI is InChI=1S/C37H51N7O10S2/c1-56(52,53)43-17-15-24(21-43)33(48)38-19-30(46)41-37-39-26(22-55-37)23-9-8-16-42(20-23)31(47)12-5-3-2-4-6-18-54-28-11-7-10-25-32(28)36(51)44(35(25)50)27-13-14-29(45)40-34(27)49/h7,10-11,23-24,26-27,37,39H,2-6,8-9,12-22H2,1H3,(H,38,48)(H,41,46)(H,40,45,49). The van der Waals surface area contributed by atoms with Gasteiger partial charge in [0.25, 0.3) is 11.8 Å². The number of hydrogen-bond acceptors (Lipinski definition) is 12. The van der Waals surface area contributed by atoms with Crippen molar-refractivity contribution < 1.29 is 46.7 Å². The predicted octanol–water partition coefficient (Wildman–Crippen LogP) is 0.548. The SMILES string of the molecule is CS(=O)(=O)N1CCC(C(=O)NCC(=O)NC2NC(C3CCCN(C(=O)CCCCCCCOc4cccc5c4C(=O)N(C4CCC(=O)NC4=O)C5=O)C3)CS2)C1. The summed E-state index contributed by atoms with van der Waals surface area (Å²) in [6, 6.07) is 3.91. The molecule has 6 rings (SSSR count). The Hall–Kier alpha value is -4.07. The minimum atomic E-state index is -3.35. The van der Waals surface area contributed by atoms with Crippen LogP contribution >= 0.6 is 11.8 Å². The molecular weight excluding hydrogens is 767 g/mol. The smallest absolute Gasteiger partial charge is 0.266 e. The third-order valence-corrected chi connectivity index (χ3v) is 13.5. The molecule has 5 unspecified atom stereocenters. The molecule has 5 aliphatic rings. The Balaban J connectivity index is 0.835. The number of likely N-dealkylation sites (tertiary alicyclic amines) is 1. The molecule has 5 atom stereocenters. The number of thioether (sulfide) groups is 1. The lowest BCUT2D eigenvalue weighted by atomic mass is 9.91. The van der Waals surface area contributed by atoms with E-state index >= 15 is 0 Å². The number of nitrogens with zero attached hydrogens (tertiary/aromatic N) is 3. The van der Waals surface area contributed by atoms with E-state index in [0.717, 1.165) is 68.4 Å². The second kappa shape index (κ2) is 18.5. The molecule has 0 spiro atoms. The summed E-state index contributed by atoms with van der Waals surface area (Å²) in [6.45, 7) is 1.97. The summed E-state index contributed by atoms with van der Waals surface area (Å²) in [6.07, 6.45) is 8.22.